The second-order valence-corrected chi connectivity index (χ2v) is 9.28. The minimum absolute atomic E-state index is 0.0450. The van der Waals surface area contributed by atoms with E-state index in [1.54, 1.807) is 0 Å². The van der Waals surface area contributed by atoms with Crippen molar-refractivity contribution in [2.24, 2.45) is 0 Å². The van der Waals surface area contributed by atoms with Crippen LogP contribution in [0, 0.1) is 0 Å². The first-order chi connectivity index (χ1) is 13.5. The lowest BCUT2D eigenvalue weighted by Gasteiger charge is -2.34. The van der Waals surface area contributed by atoms with Crippen LogP contribution in [0.2, 0.25) is 20.1 Å². The van der Waals surface area contributed by atoms with Crippen molar-refractivity contribution in [3.05, 3.63) is 91.4 Å². The molecule has 0 aromatic heterocycles. The number of phenols is 2. The predicted octanol–water partition coefficient (Wildman–Crippen LogP) is 5.89. The fraction of sp³-hybridized carbons (Fsp3) is 0.0526. The van der Waals surface area contributed by atoms with Crippen molar-refractivity contribution in [2.75, 3.05) is 0 Å². The lowest BCUT2D eigenvalue weighted by Crippen LogP contribution is -2.39. The fourth-order valence-electron chi connectivity index (χ4n) is 3.23. The van der Waals surface area contributed by atoms with Crippen LogP contribution in [-0.2, 0) is 14.9 Å². The molecule has 0 spiro atoms. The molecule has 0 amide bonds. The lowest BCUT2D eigenvalue weighted by atomic mass is 9.83. The van der Waals surface area contributed by atoms with E-state index in [0.29, 0.717) is 5.02 Å². The van der Waals surface area contributed by atoms with Gasteiger partial charge in [-0.25, -0.2) is 0 Å². The van der Waals surface area contributed by atoms with E-state index < -0.39 is 26.4 Å². The molecule has 0 heterocycles. The molecule has 3 rings (SSSR count). The van der Waals surface area contributed by atoms with Crippen LogP contribution in [-0.4, -0.2) is 23.2 Å². The molecule has 0 saturated heterocycles. The second-order valence-electron chi connectivity index (χ2n) is 6.09. The first-order valence-electron chi connectivity index (χ1n) is 7.89. The molecule has 0 aliphatic heterocycles. The molecule has 0 radical (unpaired) electrons. The van der Waals surface area contributed by atoms with Gasteiger partial charge in [0.05, 0.1) is 10.0 Å². The van der Waals surface area contributed by atoms with Crippen molar-refractivity contribution in [1.29, 1.82) is 0 Å². The summed E-state index contributed by atoms with van der Waals surface area (Å²) in [6.45, 7) is 0. The Morgan fingerprint density at radius 1 is 0.828 bits per heavy atom. The van der Waals surface area contributed by atoms with E-state index in [0.717, 1.165) is 12.1 Å². The van der Waals surface area contributed by atoms with Crippen LogP contribution in [0.25, 0.3) is 0 Å². The highest BCUT2D eigenvalue weighted by Crippen LogP contribution is 2.53. The molecule has 0 bridgehead atoms. The molecular weight excluding hydrogens is 482 g/mol. The Labute approximate surface area is 186 Å². The topological polar surface area (TPSA) is 94.8 Å². The maximum Gasteiger partial charge on any atom is 0.283 e. The molecule has 3 aromatic rings. The van der Waals surface area contributed by atoms with E-state index in [1.807, 2.05) is 0 Å². The Morgan fingerprint density at radius 2 is 1.45 bits per heavy atom. The maximum absolute atomic E-state index is 13.0. The van der Waals surface area contributed by atoms with Crippen molar-refractivity contribution in [3.8, 4) is 11.5 Å². The summed E-state index contributed by atoms with van der Waals surface area (Å²) in [6.07, 6.45) is 0. The molecule has 0 aliphatic rings. The molecule has 5 nitrogen and oxygen atoms in total. The largest absolute Gasteiger partial charge is 0.508 e. The summed E-state index contributed by atoms with van der Waals surface area (Å²) in [6, 6.07) is 11.5. The van der Waals surface area contributed by atoms with Crippen LogP contribution in [0.15, 0.2) is 54.6 Å². The van der Waals surface area contributed by atoms with Crippen LogP contribution in [0.3, 0.4) is 0 Å². The number of hydrogen-bond acceptors (Lipinski definition) is 4. The minimum Gasteiger partial charge on any atom is -0.508 e. The van der Waals surface area contributed by atoms with Crippen molar-refractivity contribution in [3.63, 3.8) is 0 Å². The summed E-state index contributed by atoms with van der Waals surface area (Å²) in [5.41, 5.74) is -0.719. The smallest absolute Gasteiger partial charge is 0.283 e. The summed E-state index contributed by atoms with van der Waals surface area (Å²) in [4.78, 5) is 0. The number of benzene rings is 3. The van der Waals surface area contributed by atoms with Crippen LogP contribution in [0.4, 0.5) is 0 Å². The van der Waals surface area contributed by atoms with E-state index in [2.05, 4.69) is 0 Å². The fourth-order valence-corrected chi connectivity index (χ4v) is 5.59. The lowest BCUT2D eigenvalue weighted by molar-refractivity contribution is 0.439. The zero-order valence-electron chi connectivity index (χ0n) is 14.3. The van der Waals surface area contributed by atoms with Gasteiger partial charge in [0, 0.05) is 27.2 Å². The Morgan fingerprint density at radius 3 is 2.00 bits per heavy atom. The molecular formula is C19H12Cl4O5S. The molecule has 0 fully saturated rings. The van der Waals surface area contributed by atoms with E-state index in [4.69, 9.17) is 46.4 Å². The number of aromatic hydroxyl groups is 2. The molecule has 3 N–H and O–H groups in total. The molecule has 10 heteroatoms. The van der Waals surface area contributed by atoms with Gasteiger partial charge < -0.3 is 10.2 Å². The van der Waals surface area contributed by atoms with Gasteiger partial charge in [-0.05, 0) is 35.9 Å². The number of rotatable bonds is 4. The van der Waals surface area contributed by atoms with Crippen LogP contribution in [0.5, 0.6) is 11.5 Å². The standard InChI is InChI=1S/C19H12Cl4O5S/c20-11-6-4-10(5-7-11)19(29(26,27)28,17-14(21)2-1-3-16(17)25)13-8-12(24)9-15(22)18(13)23/h1-9,24-25H,(H,26,27,28). The Balaban J connectivity index is 2.65. The van der Waals surface area contributed by atoms with E-state index in [1.165, 1.54) is 42.5 Å². The molecule has 1 unspecified atom stereocenters. The van der Waals surface area contributed by atoms with Gasteiger partial charge in [-0.1, -0.05) is 64.6 Å². The SMILES string of the molecule is O=S(=O)(O)C(c1ccc(Cl)cc1)(c1cc(O)cc(Cl)c1Cl)c1c(O)cccc1Cl. The summed E-state index contributed by atoms with van der Waals surface area (Å²) in [5.74, 6) is -0.941. The van der Waals surface area contributed by atoms with Crippen LogP contribution < -0.4 is 0 Å². The Hall–Kier alpha value is -1.67. The third-order valence-electron chi connectivity index (χ3n) is 4.37. The summed E-state index contributed by atoms with van der Waals surface area (Å²) in [5, 5.41) is 20.3. The molecule has 1 atom stereocenters. The second kappa shape index (κ2) is 7.87. The zero-order chi connectivity index (χ0) is 21.6. The molecule has 152 valence electrons. The van der Waals surface area contributed by atoms with Gasteiger partial charge in [-0.2, -0.15) is 8.42 Å². The summed E-state index contributed by atoms with van der Waals surface area (Å²) in [7, 11) is -5.14. The van der Waals surface area contributed by atoms with Gasteiger partial charge in [0.2, 0.25) is 0 Å². The number of hydrogen-bond donors (Lipinski definition) is 3. The molecule has 0 saturated carbocycles. The first kappa shape index (κ1) is 22.0. The molecule has 3 aromatic carbocycles. The van der Waals surface area contributed by atoms with Gasteiger partial charge >= 0.3 is 0 Å². The van der Waals surface area contributed by atoms with Crippen LogP contribution >= 0.6 is 46.4 Å². The van der Waals surface area contributed by atoms with Gasteiger partial charge in [0.1, 0.15) is 11.5 Å². The highest BCUT2D eigenvalue weighted by molar-refractivity contribution is 7.87. The van der Waals surface area contributed by atoms with Gasteiger partial charge in [-0.3, -0.25) is 4.55 Å². The Bertz CT molecular complexity index is 1180. The van der Waals surface area contributed by atoms with Gasteiger partial charge in [0.25, 0.3) is 10.1 Å². The van der Waals surface area contributed by atoms with E-state index in [-0.39, 0.29) is 31.8 Å². The van der Waals surface area contributed by atoms with Crippen molar-refractivity contribution < 1.29 is 23.2 Å². The predicted molar refractivity (Wildman–Crippen MR) is 114 cm³/mol. The monoisotopic (exact) mass is 492 g/mol. The average molecular weight is 494 g/mol. The molecule has 0 aliphatic carbocycles. The first-order valence-corrected chi connectivity index (χ1v) is 10.8. The highest BCUT2D eigenvalue weighted by atomic mass is 35.5. The van der Waals surface area contributed by atoms with Gasteiger partial charge in [-0.15, -0.1) is 0 Å². The van der Waals surface area contributed by atoms with Crippen molar-refractivity contribution in [1.82, 2.24) is 0 Å². The van der Waals surface area contributed by atoms with Crippen molar-refractivity contribution >= 4 is 56.5 Å². The summed E-state index contributed by atoms with van der Waals surface area (Å²) >= 11 is 24.6. The number of phenolic OH excluding ortho intramolecular Hbond substituents is 2. The quantitative estimate of drug-likeness (QED) is 0.311. The third-order valence-corrected chi connectivity index (χ3v) is 7.18. The third kappa shape index (κ3) is 3.65. The van der Waals surface area contributed by atoms with Crippen LogP contribution in [0.1, 0.15) is 16.7 Å². The maximum atomic E-state index is 13.0. The van der Waals surface area contributed by atoms with E-state index in [9.17, 15) is 23.2 Å². The number of halogens is 4. The minimum atomic E-state index is -5.14. The van der Waals surface area contributed by atoms with Gasteiger partial charge in [0.15, 0.2) is 4.75 Å². The van der Waals surface area contributed by atoms with Crippen molar-refractivity contribution in [2.45, 2.75) is 4.75 Å². The van der Waals surface area contributed by atoms with E-state index >= 15 is 0 Å². The zero-order valence-corrected chi connectivity index (χ0v) is 18.1. The summed E-state index contributed by atoms with van der Waals surface area (Å²) < 4.78 is 33.9. The average Bonchev–Trinajstić information content (AvgIpc) is 2.61. The highest BCUT2D eigenvalue weighted by Gasteiger charge is 2.52. The Kier molecular flexibility index (Phi) is 5.98. The normalized spacial score (nSPS) is 13.8. The molecule has 29 heavy (non-hydrogen) atoms.